The Morgan fingerprint density at radius 1 is 1.25 bits per heavy atom. The van der Waals surface area contributed by atoms with Gasteiger partial charge in [0.2, 0.25) is 0 Å². The lowest BCUT2D eigenvalue weighted by molar-refractivity contribution is -0.168. The summed E-state index contributed by atoms with van der Waals surface area (Å²) in [6, 6.07) is 0.0349. The number of hydrogen-bond donors (Lipinski definition) is 3. The van der Waals surface area contributed by atoms with Crippen LogP contribution in [0.2, 0.25) is 0 Å². The van der Waals surface area contributed by atoms with Gasteiger partial charge >= 0.3 is 5.97 Å². The molecule has 3 fully saturated rings. The van der Waals surface area contributed by atoms with Crippen molar-refractivity contribution in [2.75, 3.05) is 12.9 Å². The summed E-state index contributed by atoms with van der Waals surface area (Å²) < 4.78 is 12.2. The predicted molar refractivity (Wildman–Crippen MR) is 144 cm³/mol. The third-order valence-electron chi connectivity index (χ3n) is 10.7. The van der Waals surface area contributed by atoms with Crippen molar-refractivity contribution < 1.29 is 24.5 Å². The number of ether oxygens (including phenoxy) is 2. The molecule has 7 heteroatoms. The number of carbonyl (C=O) groups is 1. The van der Waals surface area contributed by atoms with Crippen LogP contribution in [0, 0.1) is 28.1 Å². The maximum atomic E-state index is 13.3. The number of thioether (sulfide) groups is 1. The molecule has 0 amide bonds. The smallest absolute Gasteiger partial charge is 0.316 e. The molecule has 11 atom stereocenters. The Kier molecular flexibility index (Phi) is 8.11. The number of aliphatic hydroxyl groups is 2. The highest BCUT2D eigenvalue weighted by molar-refractivity contribution is 8.00. The zero-order valence-corrected chi connectivity index (χ0v) is 23.6. The maximum Gasteiger partial charge on any atom is 0.316 e. The van der Waals surface area contributed by atoms with Crippen molar-refractivity contribution in [2.24, 2.45) is 33.8 Å². The second kappa shape index (κ2) is 10.4. The summed E-state index contributed by atoms with van der Waals surface area (Å²) in [5, 5.41) is 22.2. The molecule has 0 aromatic rings. The van der Waals surface area contributed by atoms with Crippen LogP contribution in [0.3, 0.4) is 0 Å². The van der Waals surface area contributed by atoms with Crippen molar-refractivity contribution in [1.82, 2.24) is 0 Å². The standard InChI is InChI=1S/C29H47NO5S/c1-7-27(4)15-24(35-25(32)16-36-22-9-8-19(30)12-21(22)31)28(5)17(2)10-11-29(18(3)26(27)33)14-20(34-6)13-23(28)29/h7,13,17-22,24,26,31,33H,1,8-12,14-16,30H2,2-6H3/t17?,18-,19+,20-,21+,22+,24+,26-,27+,28+,29-/m0/s1. The molecule has 0 heterocycles. The zero-order valence-electron chi connectivity index (χ0n) is 22.7. The van der Waals surface area contributed by atoms with Crippen LogP contribution in [0.4, 0.5) is 0 Å². The van der Waals surface area contributed by atoms with E-state index in [1.54, 1.807) is 7.11 Å². The Bertz CT molecular complexity index is 880. The molecule has 0 radical (unpaired) electrons. The largest absolute Gasteiger partial charge is 0.461 e. The summed E-state index contributed by atoms with van der Waals surface area (Å²) in [4.78, 5) is 13.3. The Morgan fingerprint density at radius 2 is 1.97 bits per heavy atom. The lowest BCUT2D eigenvalue weighted by Crippen LogP contribution is -2.59. The van der Waals surface area contributed by atoms with Crippen molar-refractivity contribution in [3.63, 3.8) is 0 Å². The van der Waals surface area contributed by atoms with Gasteiger partial charge < -0.3 is 25.4 Å². The first-order valence-electron chi connectivity index (χ1n) is 13.7. The van der Waals surface area contributed by atoms with E-state index in [9.17, 15) is 15.0 Å². The molecule has 36 heavy (non-hydrogen) atoms. The van der Waals surface area contributed by atoms with Gasteiger partial charge in [-0.2, -0.15) is 0 Å². The van der Waals surface area contributed by atoms with Crippen molar-refractivity contribution in [3.05, 3.63) is 24.3 Å². The molecule has 4 aliphatic rings. The molecule has 4 N–H and O–H groups in total. The van der Waals surface area contributed by atoms with E-state index >= 15 is 0 Å². The van der Waals surface area contributed by atoms with E-state index in [0.717, 1.165) is 32.1 Å². The second-order valence-electron chi connectivity index (χ2n) is 12.6. The Balaban J connectivity index is 1.64. The van der Waals surface area contributed by atoms with Gasteiger partial charge in [0, 0.05) is 29.2 Å². The van der Waals surface area contributed by atoms with Gasteiger partial charge in [-0.15, -0.1) is 18.3 Å². The minimum absolute atomic E-state index is 0.00145. The summed E-state index contributed by atoms with van der Waals surface area (Å²) in [6.45, 7) is 12.9. The first kappa shape index (κ1) is 28.2. The average molecular weight is 522 g/mol. The number of nitrogens with two attached hydrogens (primary N) is 1. The van der Waals surface area contributed by atoms with Gasteiger partial charge in [0.25, 0.3) is 0 Å². The topological polar surface area (TPSA) is 102 Å². The van der Waals surface area contributed by atoms with Gasteiger partial charge in [0.1, 0.15) is 6.10 Å². The van der Waals surface area contributed by atoms with Crippen molar-refractivity contribution in [3.8, 4) is 0 Å². The number of aliphatic hydroxyl groups excluding tert-OH is 2. The van der Waals surface area contributed by atoms with Crippen LogP contribution in [-0.4, -0.2) is 64.8 Å². The highest BCUT2D eigenvalue weighted by atomic mass is 32.2. The first-order valence-corrected chi connectivity index (χ1v) is 14.8. The summed E-state index contributed by atoms with van der Waals surface area (Å²) in [5.41, 5.74) is 6.16. The quantitative estimate of drug-likeness (QED) is 0.355. The molecule has 6 nitrogen and oxygen atoms in total. The molecule has 0 aromatic heterocycles. The third-order valence-corrected chi connectivity index (χ3v) is 12.0. The van der Waals surface area contributed by atoms with Crippen molar-refractivity contribution in [2.45, 2.75) is 108 Å². The minimum atomic E-state index is -0.607. The van der Waals surface area contributed by atoms with Crippen LogP contribution in [0.1, 0.15) is 72.6 Å². The lowest BCUT2D eigenvalue weighted by Gasteiger charge is -2.60. The molecule has 4 rings (SSSR count). The molecule has 0 aliphatic heterocycles. The number of rotatable bonds is 6. The highest BCUT2D eigenvalue weighted by Crippen LogP contribution is 2.67. The van der Waals surface area contributed by atoms with Crippen LogP contribution in [-0.2, 0) is 14.3 Å². The van der Waals surface area contributed by atoms with Crippen LogP contribution in [0.25, 0.3) is 0 Å². The first-order chi connectivity index (χ1) is 16.9. The summed E-state index contributed by atoms with van der Waals surface area (Å²) >= 11 is 1.48. The van der Waals surface area contributed by atoms with E-state index in [1.807, 2.05) is 6.08 Å². The number of hydrogen-bond acceptors (Lipinski definition) is 7. The number of methoxy groups -OCH3 is 1. The average Bonchev–Trinajstić information content (AvgIpc) is 3.25. The van der Waals surface area contributed by atoms with Crippen LogP contribution >= 0.6 is 11.8 Å². The van der Waals surface area contributed by atoms with E-state index < -0.39 is 23.7 Å². The van der Waals surface area contributed by atoms with Crippen molar-refractivity contribution >= 4 is 17.7 Å². The Labute approximate surface area is 221 Å². The Hall–Kier alpha value is -0.860. The number of carbonyl (C=O) groups excluding carboxylic acids is 1. The van der Waals surface area contributed by atoms with Gasteiger partial charge in [-0.3, -0.25) is 4.79 Å². The molecule has 2 bridgehead atoms. The van der Waals surface area contributed by atoms with Gasteiger partial charge in [-0.05, 0) is 62.2 Å². The third kappa shape index (κ3) is 4.61. The fraction of sp³-hybridized carbons (Fsp3) is 0.828. The number of esters is 1. The molecule has 0 aromatic carbocycles. The highest BCUT2D eigenvalue weighted by Gasteiger charge is 2.63. The van der Waals surface area contributed by atoms with Crippen LogP contribution in [0.15, 0.2) is 24.3 Å². The molecule has 0 spiro atoms. The Morgan fingerprint density at radius 3 is 2.61 bits per heavy atom. The van der Waals surface area contributed by atoms with Crippen molar-refractivity contribution in [1.29, 1.82) is 0 Å². The van der Waals surface area contributed by atoms with Gasteiger partial charge in [-0.1, -0.05) is 45.4 Å². The summed E-state index contributed by atoms with van der Waals surface area (Å²) in [7, 11) is 1.75. The summed E-state index contributed by atoms with van der Waals surface area (Å²) in [6.07, 6.45) is 8.29. The molecule has 204 valence electrons. The normalized spacial score (nSPS) is 48.8. The minimum Gasteiger partial charge on any atom is -0.461 e. The molecular weight excluding hydrogens is 474 g/mol. The molecule has 0 saturated heterocycles. The maximum absolute atomic E-state index is 13.3. The van der Waals surface area contributed by atoms with E-state index in [-0.39, 0.29) is 45.9 Å². The lowest BCUT2D eigenvalue weighted by atomic mass is 9.46. The second-order valence-corrected chi connectivity index (χ2v) is 13.8. The van der Waals surface area contributed by atoms with Crippen LogP contribution < -0.4 is 5.73 Å². The fourth-order valence-corrected chi connectivity index (χ4v) is 8.91. The predicted octanol–water partition coefficient (Wildman–Crippen LogP) is 4.23. The van der Waals surface area contributed by atoms with E-state index in [0.29, 0.717) is 18.8 Å². The van der Waals surface area contributed by atoms with Gasteiger partial charge in [0.15, 0.2) is 0 Å². The SMILES string of the molecule is C=C[C@]1(C)C[C@@H](OC(=O)CS[C@@H]2CC[C@@H](N)C[C@H]2O)[C@@]2(C)C3=C[C@H](OC)C[C@@]3(CCC2C)[C@@H](C)[C@@H]1O. The van der Waals surface area contributed by atoms with Gasteiger partial charge in [0.05, 0.1) is 24.1 Å². The molecule has 4 aliphatic carbocycles. The fourth-order valence-electron chi connectivity index (χ4n) is 7.86. The van der Waals surface area contributed by atoms with E-state index in [2.05, 4.69) is 40.3 Å². The van der Waals surface area contributed by atoms with Crippen LogP contribution in [0.5, 0.6) is 0 Å². The molecule has 1 unspecified atom stereocenters. The van der Waals surface area contributed by atoms with E-state index in [1.165, 1.54) is 17.3 Å². The molecular formula is C29H47NO5S. The summed E-state index contributed by atoms with van der Waals surface area (Å²) in [5.74, 6) is 0.293. The zero-order chi connectivity index (χ0) is 26.5. The van der Waals surface area contributed by atoms with Gasteiger partial charge in [-0.25, -0.2) is 0 Å². The molecule has 3 saturated carbocycles. The monoisotopic (exact) mass is 521 g/mol. The van der Waals surface area contributed by atoms with E-state index in [4.69, 9.17) is 15.2 Å².